The van der Waals surface area contributed by atoms with Gasteiger partial charge in [-0.3, -0.25) is 0 Å². The maximum absolute atomic E-state index is 9.59. The SMILES string of the molecule is CC(C)NC(C)(CO)CCCCN1CCCCCC1C. The van der Waals surface area contributed by atoms with Crippen LogP contribution in [0.15, 0.2) is 0 Å². The Morgan fingerprint density at radius 2 is 2.00 bits per heavy atom. The lowest BCUT2D eigenvalue weighted by molar-refractivity contribution is 0.149. The average Bonchev–Trinajstić information content (AvgIpc) is 2.59. The van der Waals surface area contributed by atoms with Gasteiger partial charge in [-0.1, -0.05) is 33.1 Å². The molecule has 1 fully saturated rings. The second-order valence-corrected chi connectivity index (χ2v) is 7.21. The van der Waals surface area contributed by atoms with Crippen LogP contribution in [0, 0.1) is 0 Å². The van der Waals surface area contributed by atoms with Gasteiger partial charge in [0.1, 0.15) is 0 Å². The summed E-state index contributed by atoms with van der Waals surface area (Å²) >= 11 is 0. The highest BCUT2D eigenvalue weighted by Crippen LogP contribution is 2.19. The normalized spacial score (nSPS) is 24.6. The summed E-state index contributed by atoms with van der Waals surface area (Å²) in [7, 11) is 0. The van der Waals surface area contributed by atoms with Gasteiger partial charge in [-0.05, 0) is 52.6 Å². The molecule has 0 aromatic carbocycles. The van der Waals surface area contributed by atoms with Crippen LogP contribution in [0.1, 0.15) is 72.6 Å². The van der Waals surface area contributed by atoms with Crippen LogP contribution in [0.25, 0.3) is 0 Å². The van der Waals surface area contributed by atoms with Crippen LogP contribution in [0.4, 0.5) is 0 Å². The first-order chi connectivity index (χ1) is 9.47. The monoisotopic (exact) mass is 284 g/mol. The summed E-state index contributed by atoms with van der Waals surface area (Å²) in [6.45, 7) is 11.5. The molecule has 0 aromatic heterocycles. The molecule has 1 saturated heterocycles. The molecule has 0 spiro atoms. The molecule has 0 bridgehead atoms. The van der Waals surface area contributed by atoms with Gasteiger partial charge in [0.25, 0.3) is 0 Å². The van der Waals surface area contributed by atoms with Crippen LogP contribution in [0.2, 0.25) is 0 Å². The van der Waals surface area contributed by atoms with E-state index in [1.54, 1.807) is 0 Å². The molecule has 0 saturated carbocycles. The second kappa shape index (κ2) is 9.01. The van der Waals surface area contributed by atoms with Crippen molar-refractivity contribution in [2.75, 3.05) is 19.7 Å². The zero-order valence-corrected chi connectivity index (χ0v) is 14.1. The van der Waals surface area contributed by atoms with E-state index in [1.165, 1.54) is 51.6 Å². The van der Waals surface area contributed by atoms with Crippen molar-refractivity contribution in [2.24, 2.45) is 0 Å². The van der Waals surface area contributed by atoms with E-state index in [9.17, 15) is 5.11 Å². The summed E-state index contributed by atoms with van der Waals surface area (Å²) in [6.07, 6.45) is 9.04. The van der Waals surface area contributed by atoms with Gasteiger partial charge in [0.15, 0.2) is 0 Å². The predicted molar refractivity (Wildman–Crippen MR) is 87.1 cm³/mol. The molecule has 1 rings (SSSR count). The standard InChI is InChI=1S/C17H36N2O/c1-15(2)18-17(4,14-20)11-7-9-13-19-12-8-5-6-10-16(19)3/h15-16,18,20H,5-14H2,1-4H3. The maximum atomic E-state index is 9.59. The summed E-state index contributed by atoms with van der Waals surface area (Å²) in [5.74, 6) is 0. The Morgan fingerprint density at radius 1 is 1.25 bits per heavy atom. The quantitative estimate of drug-likeness (QED) is 0.672. The number of likely N-dealkylation sites (tertiary alicyclic amines) is 1. The fourth-order valence-corrected chi connectivity index (χ4v) is 3.39. The molecule has 3 nitrogen and oxygen atoms in total. The Labute approximate surface area is 126 Å². The zero-order valence-electron chi connectivity index (χ0n) is 14.1. The molecule has 0 amide bonds. The van der Waals surface area contributed by atoms with E-state index in [-0.39, 0.29) is 12.1 Å². The molecule has 1 aliphatic rings. The summed E-state index contributed by atoms with van der Waals surface area (Å²) in [6, 6.07) is 1.19. The molecule has 2 atom stereocenters. The van der Waals surface area contributed by atoms with Crippen LogP contribution in [0.5, 0.6) is 0 Å². The van der Waals surface area contributed by atoms with Crippen LogP contribution in [-0.2, 0) is 0 Å². The lowest BCUT2D eigenvalue weighted by atomic mass is 9.94. The zero-order chi connectivity index (χ0) is 15.0. The smallest absolute Gasteiger partial charge is 0.0610 e. The molecule has 0 aromatic rings. The lowest BCUT2D eigenvalue weighted by Crippen LogP contribution is -2.49. The second-order valence-electron chi connectivity index (χ2n) is 7.21. The molecular weight excluding hydrogens is 248 g/mol. The molecule has 3 heteroatoms. The van der Waals surface area contributed by atoms with Crippen LogP contribution in [0.3, 0.4) is 0 Å². The topological polar surface area (TPSA) is 35.5 Å². The summed E-state index contributed by atoms with van der Waals surface area (Å²) in [4.78, 5) is 2.67. The fraction of sp³-hybridized carbons (Fsp3) is 1.00. The Bertz CT molecular complexity index is 257. The number of aliphatic hydroxyl groups is 1. The van der Waals surface area contributed by atoms with Gasteiger partial charge in [-0.15, -0.1) is 0 Å². The Kier molecular flexibility index (Phi) is 8.08. The minimum Gasteiger partial charge on any atom is -0.394 e. The van der Waals surface area contributed by atoms with E-state index in [0.29, 0.717) is 6.04 Å². The van der Waals surface area contributed by atoms with Gasteiger partial charge in [0.05, 0.1) is 6.61 Å². The number of hydrogen-bond donors (Lipinski definition) is 2. The number of nitrogens with zero attached hydrogens (tertiary/aromatic N) is 1. The Balaban J connectivity index is 2.25. The van der Waals surface area contributed by atoms with Gasteiger partial charge in [-0.25, -0.2) is 0 Å². The van der Waals surface area contributed by atoms with Gasteiger partial charge < -0.3 is 15.3 Å². The molecule has 2 unspecified atom stereocenters. The van der Waals surface area contributed by atoms with Crippen molar-refractivity contribution in [1.82, 2.24) is 10.2 Å². The van der Waals surface area contributed by atoms with Gasteiger partial charge in [0.2, 0.25) is 0 Å². The Hall–Kier alpha value is -0.120. The van der Waals surface area contributed by atoms with Gasteiger partial charge in [-0.2, -0.15) is 0 Å². The molecule has 0 radical (unpaired) electrons. The van der Waals surface area contributed by atoms with Crippen molar-refractivity contribution in [2.45, 2.75) is 90.3 Å². The first kappa shape index (κ1) is 17.9. The maximum Gasteiger partial charge on any atom is 0.0610 e. The van der Waals surface area contributed by atoms with E-state index in [0.717, 1.165) is 12.5 Å². The van der Waals surface area contributed by atoms with Gasteiger partial charge in [0, 0.05) is 17.6 Å². The number of aliphatic hydroxyl groups excluding tert-OH is 1. The summed E-state index contributed by atoms with van der Waals surface area (Å²) in [5.41, 5.74) is -0.113. The highest BCUT2D eigenvalue weighted by atomic mass is 16.3. The fourth-order valence-electron chi connectivity index (χ4n) is 3.39. The highest BCUT2D eigenvalue weighted by Gasteiger charge is 2.23. The van der Waals surface area contributed by atoms with Crippen LogP contribution >= 0.6 is 0 Å². The number of unbranched alkanes of at least 4 members (excludes halogenated alkanes) is 1. The van der Waals surface area contributed by atoms with Crippen molar-refractivity contribution in [1.29, 1.82) is 0 Å². The van der Waals surface area contributed by atoms with Crippen molar-refractivity contribution in [3.8, 4) is 0 Å². The largest absolute Gasteiger partial charge is 0.394 e. The molecular formula is C17H36N2O. The van der Waals surface area contributed by atoms with E-state index in [1.807, 2.05) is 0 Å². The van der Waals surface area contributed by atoms with E-state index >= 15 is 0 Å². The minimum atomic E-state index is -0.113. The van der Waals surface area contributed by atoms with E-state index in [2.05, 4.69) is 37.9 Å². The average molecular weight is 284 g/mol. The third kappa shape index (κ3) is 6.55. The predicted octanol–water partition coefficient (Wildman–Crippen LogP) is 3.17. The van der Waals surface area contributed by atoms with Crippen molar-refractivity contribution >= 4 is 0 Å². The third-order valence-electron chi connectivity index (χ3n) is 4.60. The summed E-state index contributed by atoms with van der Waals surface area (Å²) < 4.78 is 0. The molecule has 2 N–H and O–H groups in total. The first-order valence-corrected chi connectivity index (χ1v) is 8.59. The highest BCUT2D eigenvalue weighted by molar-refractivity contribution is 4.84. The first-order valence-electron chi connectivity index (χ1n) is 8.59. The lowest BCUT2D eigenvalue weighted by Gasteiger charge is -2.32. The molecule has 120 valence electrons. The molecule has 1 heterocycles. The minimum absolute atomic E-state index is 0.113. The number of hydrogen-bond acceptors (Lipinski definition) is 3. The van der Waals surface area contributed by atoms with E-state index < -0.39 is 0 Å². The third-order valence-corrected chi connectivity index (χ3v) is 4.60. The van der Waals surface area contributed by atoms with Crippen LogP contribution < -0.4 is 5.32 Å². The molecule has 20 heavy (non-hydrogen) atoms. The van der Waals surface area contributed by atoms with Crippen LogP contribution in [-0.4, -0.2) is 47.3 Å². The summed E-state index contributed by atoms with van der Waals surface area (Å²) in [5, 5.41) is 13.1. The van der Waals surface area contributed by atoms with Crippen molar-refractivity contribution in [3.63, 3.8) is 0 Å². The number of nitrogens with one attached hydrogen (secondary N) is 1. The van der Waals surface area contributed by atoms with E-state index in [4.69, 9.17) is 0 Å². The Morgan fingerprint density at radius 3 is 2.65 bits per heavy atom. The number of rotatable bonds is 8. The van der Waals surface area contributed by atoms with Crippen molar-refractivity contribution in [3.05, 3.63) is 0 Å². The van der Waals surface area contributed by atoms with Gasteiger partial charge >= 0.3 is 0 Å². The van der Waals surface area contributed by atoms with Crippen molar-refractivity contribution < 1.29 is 5.11 Å². The molecule has 0 aliphatic carbocycles. The molecule has 1 aliphatic heterocycles.